The molecule has 196 valence electrons. The molecule has 0 saturated carbocycles. The molecule has 0 aromatic heterocycles. The fourth-order valence-electron chi connectivity index (χ4n) is 5.55. The fourth-order valence-corrected chi connectivity index (χ4v) is 6.02. The van der Waals surface area contributed by atoms with Gasteiger partial charge in [0.2, 0.25) is 0 Å². The lowest BCUT2D eigenvalue weighted by Gasteiger charge is -2.39. The summed E-state index contributed by atoms with van der Waals surface area (Å²) in [6.07, 6.45) is 5.97. The van der Waals surface area contributed by atoms with Crippen LogP contribution >= 0.6 is 23.2 Å². The monoisotopic (exact) mass is 532 g/mol. The third-order valence-corrected chi connectivity index (χ3v) is 8.53. The van der Waals surface area contributed by atoms with E-state index in [0.29, 0.717) is 22.4 Å². The SMILES string of the molecule is CCc1c(OC2CCN(CC3CCN([C@@H](Cc4ccccc4)C(=O)OC)CC3)CC2)ccc(Cl)c1Cl. The van der Waals surface area contributed by atoms with Gasteiger partial charge in [-0.1, -0.05) is 60.5 Å². The Balaban J connectivity index is 1.23. The molecule has 5 nitrogen and oxygen atoms in total. The highest BCUT2D eigenvalue weighted by atomic mass is 35.5. The van der Waals surface area contributed by atoms with E-state index in [0.717, 1.165) is 76.1 Å². The molecule has 36 heavy (non-hydrogen) atoms. The van der Waals surface area contributed by atoms with Crippen molar-refractivity contribution < 1.29 is 14.3 Å². The van der Waals surface area contributed by atoms with Crippen molar-refractivity contribution in [2.45, 2.75) is 57.6 Å². The van der Waals surface area contributed by atoms with Crippen molar-refractivity contribution in [3.63, 3.8) is 0 Å². The van der Waals surface area contributed by atoms with Crippen LogP contribution in [0.1, 0.15) is 43.7 Å². The summed E-state index contributed by atoms with van der Waals surface area (Å²) in [6, 6.07) is 13.8. The zero-order chi connectivity index (χ0) is 25.5. The largest absolute Gasteiger partial charge is 0.490 e. The first-order chi connectivity index (χ1) is 17.5. The van der Waals surface area contributed by atoms with Crippen LogP contribution in [0.4, 0.5) is 0 Å². The van der Waals surface area contributed by atoms with Crippen LogP contribution in [0, 0.1) is 5.92 Å². The molecular weight excluding hydrogens is 495 g/mol. The van der Waals surface area contributed by atoms with Crippen LogP contribution in [0.3, 0.4) is 0 Å². The Hall–Kier alpha value is -1.79. The minimum atomic E-state index is -0.208. The highest BCUT2D eigenvalue weighted by molar-refractivity contribution is 6.42. The molecule has 2 aliphatic heterocycles. The number of methoxy groups -OCH3 is 1. The molecule has 0 N–H and O–H groups in total. The smallest absolute Gasteiger partial charge is 0.323 e. The Morgan fingerprint density at radius 1 is 1.00 bits per heavy atom. The third-order valence-electron chi connectivity index (χ3n) is 7.69. The van der Waals surface area contributed by atoms with Crippen LogP contribution in [0.5, 0.6) is 5.75 Å². The molecule has 0 amide bonds. The first-order valence-corrected chi connectivity index (χ1v) is 14.0. The summed E-state index contributed by atoms with van der Waals surface area (Å²) in [5.41, 5.74) is 2.17. The zero-order valence-corrected chi connectivity index (χ0v) is 22.9. The van der Waals surface area contributed by atoms with E-state index < -0.39 is 0 Å². The number of hydrogen-bond donors (Lipinski definition) is 0. The normalized spacial score (nSPS) is 19.2. The summed E-state index contributed by atoms with van der Waals surface area (Å²) in [7, 11) is 1.49. The van der Waals surface area contributed by atoms with Gasteiger partial charge in [-0.3, -0.25) is 9.69 Å². The second-order valence-electron chi connectivity index (χ2n) is 10.0. The van der Waals surface area contributed by atoms with Gasteiger partial charge in [-0.15, -0.1) is 0 Å². The van der Waals surface area contributed by atoms with Crippen LogP contribution in [-0.2, 0) is 22.4 Å². The average Bonchev–Trinajstić information content (AvgIpc) is 2.91. The number of hydrogen-bond acceptors (Lipinski definition) is 5. The first kappa shape index (κ1) is 27.3. The number of carbonyl (C=O) groups is 1. The summed E-state index contributed by atoms with van der Waals surface area (Å²) in [4.78, 5) is 17.5. The maximum Gasteiger partial charge on any atom is 0.323 e. The number of carbonyl (C=O) groups excluding carboxylic acids is 1. The van der Waals surface area contributed by atoms with Gasteiger partial charge in [0.25, 0.3) is 0 Å². The van der Waals surface area contributed by atoms with E-state index in [-0.39, 0.29) is 18.1 Å². The molecule has 2 aromatic rings. The van der Waals surface area contributed by atoms with Gasteiger partial charge in [-0.2, -0.15) is 0 Å². The molecule has 2 saturated heterocycles. The van der Waals surface area contributed by atoms with E-state index in [1.165, 1.54) is 12.7 Å². The lowest BCUT2D eigenvalue weighted by molar-refractivity contribution is -0.147. The van der Waals surface area contributed by atoms with E-state index in [9.17, 15) is 4.79 Å². The molecule has 0 radical (unpaired) electrons. The van der Waals surface area contributed by atoms with E-state index in [2.05, 4.69) is 28.9 Å². The van der Waals surface area contributed by atoms with Gasteiger partial charge in [0.1, 0.15) is 17.9 Å². The summed E-state index contributed by atoms with van der Waals surface area (Å²) < 4.78 is 11.5. The summed E-state index contributed by atoms with van der Waals surface area (Å²) in [6.45, 7) is 7.17. The summed E-state index contributed by atoms with van der Waals surface area (Å²) in [5.74, 6) is 1.40. The average molecular weight is 534 g/mol. The number of rotatable bonds is 9. The quantitative estimate of drug-likeness (QED) is 0.376. The molecule has 2 aromatic carbocycles. The van der Waals surface area contributed by atoms with Crippen molar-refractivity contribution in [2.24, 2.45) is 5.92 Å². The molecule has 4 rings (SSSR count). The van der Waals surface area contributed by atoms with Gasteiger partial charge in [0, 0.05) is 25.2 Å². The van der Waals surface area contributed by atoms with Crippen molar-refractivity contribution in [3.8, 4) is 5.75 Å². The van der Waals surface area contributed by atoms with E-state index in [4.69, 9.17) is 32.7 Å². The van der Waals surface area contributed by atoms with Crippen molar-refractivity contribution >= 4 is 29.2 Å². The molecule has 0 spiro atoms. The standard InChI is InChI=1S/C29H38Cl2N2O3/c1-3-24-27(10-9-25(30)28(24)31)36-23-13-15-32(16-14-23)20-22-11-17-33(18-12-22)26(29(34)35-2)19-21-7-5-4-6-8-21/h4-10,22-23,26H,3,11-20H2,1-2H3/t26-/m0/s1. The Labute approximate surface area is 225 Å². The lowest BCUT2D eigenvalue weighted by atomic mass is 9.93. The summed E-state index contributed by atoms with van der Waals surface area (Å²) in [5, 5.41) is 1.19. The Morgan fingerprint density at radius 2 is 1.69 bits per heavy atom. The molecule has 2 aliphatic rings. The minimum Gasteiger partial charge on any atom is -0.490 e. The minimum absolute atomic E-state index is 0.132. The molecule has 0 unspecified atom stereocenters. The number of halogens is 2. The van der Waals surface area contributed by atoms with Crippen molar-refractivity contribution in [2.75, 3.05) is 39.8 Å². The topological polar surface area (TPSA) is 42.0 Å². The number of likely N-dealkylation sites (tertiary alicyclic amines) is 2. The van der Waals surface area contributed by atoms with Crippen LogP contribution < -0.4 is 4.74 Å². The number of esters is 1. The lowest BCUT2D eigenvalue weighted by Crippen LogP contribution is -2.49. The highest BCUT2D eigenvalue weighted by Crippen LogP contribution is 2.35. The Kier molecular flexibility index (Phi) is 9.95. The molecule has 1 atom stereocenters. The predicted octanol–water partition coefficient (Wildman–Crippen LogP) is 5.90. The summed E-state index contributed by atoms with van der Waals surface area (Å²) >= 11 is 12.6. The van der Waals surface area contributed by atoms with Gasteiger partial charge in [0.15, 0.2) is 0 Å². The van der Waals surface area contributed by atoms with E-state index in [1.54, 1.807) is 0 Å². The second kappa shape index (κ2) is 13.1. The van der Waals surface area contributed by atoms with Crippen molar-refractivity contribution in [1.82, 2.24) is 9.80 Å². The molecule has 7 heteroatoms. The number of ether oxygens (including phenoxy) is 2. The number of benzene rings is 2. The predicted molar refractivity (Wildman–Crippen MR) is 146 cm³/mol. The maximum atomic E-state index is 12.6. The Morgan fingerprint density at radius 3 is 2.33 bits per heavy atom. The van der Waals surface area contributed by atoms with Crippen molar-refractivity contribution in [3.05, 3.63) is 63.6 Å². The van der Waals surface area contributed by atoms with E-state index >= 15 is 0 Å². The van der Waals surface area contributed by atoms with Gasteiger partial charge >= 0.3 is 5.97 Å². The van der Waals surface area contributed by atoms with Crippen molar-refractivity contribution in [1.29, 1.82) is 0 Å². The first-order valence-electron chi connectivity index (χ1n) is 13.2. The van der Waals surface area contributed by atoms with Crippen LogP contribution in [0.15, 0.2) is 42.5 Å². The molecule has 2 heterocycles. The van der Waals surface area contributed by atoms with Crippen LogP contribution in [0.25, 0.3) is 0 Å². The second-order valence-corrected chi connectivity index (χ2v) is 10.8. The molecular formula is C29H38Cl2N2O3. The van der Waals surface area contributed by atoms with Gasteiger partial charge < -0.3 is 14.4 Å². The highest BCUT2D eigenvalue weighted by Gasteiger charge is 2.32. The maximum absolute atomic E-state index is 12.6. The van der Waals surface area contributed by atoms with Gasteiger partial charge in [-0.25, -0.2) is 0 Å². The fraction of sp³-hybridized carbons (Fsp3) is 0.552. The molecule has 0 bridgehead atoms. The number of nitrogens with zero attached hydrogens (tertiary/aromatic N) is 2. The van der Waals surface area contributed by atoms with E-state index in [1.807, 2.05) is 30.3 Å². The van der Waals surface area contributed by atoms with Crippen LogP contribution in [-0.4, -0.2) is 67.7 Å². The van der Waals surface area contributed by atoms with Gasteiger partial charge in [-0.05, 0) is 75.2 Å². The number of piperidine rings is 2. The van der Waals surface area contributed by atoms with Gasteiger partial charge in [0.05, 0.1) is 17.2 Å². The van der Waals surface area contributed by atoms with Crippen LogP contribution in [0.2, 0.25) is 10.0 Å². The Bertz CT molecular complexity index is 988. The molecule has 0 aliphatic carbocycles. The zero-order valence-electron chi connectivity index (χ0n) is 21.4. The molecule has 2 fully saturated rings. The third kappa shape index (κ3) is 6.95.